The minimum absolute atomic E-state index is 0.359. The Morgan fingerprint density at radius 1 is 1.05 bits per heavy atom. The Morgan fingerprint density at radius 2 is 1.76 bits per heavy atom. The van der Waals surface area contributed by atoms with Gasteiger partial charge >= 0.3 is 0 Å². The Balaban J connectivity index is 1.83. The molecule has 21 heavy (non-hydrogen) atoms. The Kier molecular flexibility index (Phi) is 3.69. The van der Waals surface area contributed by atoms with E-state index >= 15 is 0 Å². The zero-order valence-electron chi connectivity index (χ0n) is 12.0. The summed E-state index contributed by atoms with van der Waals surface area (Å²) in [4.78, 5) is 0. The van der Waals surface area contributed by atoms with E-state index in [0.29, 0.717) is 5.92 Å². The van der Waals surface area contributed by atoms with Crippen molar-refractivity contribution in [3.05, 3.63) is 72.3 Å². The number of aromatic nitrogens is 3. The number of nitrogen functional groups attached to an aromatic ring is 1. The molecule has 0 bridgehead atoms. The molecule has 1 heterocycles. The Bertz CT molecular complexity index is 701. The van der Waals surface area contributed by atoms with Gasteiger partial charge < -0.3 is 5.73 Å². The van der Waals surface area contributed by atoms with Crippen molar-refractivity contribution in [2.75, 3.05) is 5.73 Å². The molecule has 2 N–H and O–H groups in total. The quantitative estimate of drug-likeness (QED) is 0.746. The van der Waals surface area contributed by atoms with Crippen LogP contribution in [0.3, 0.4) is 0 Å². The SMILES string of the molecule is CC(Cc1nncn1-c1ccccc1)c1ccc(N)cc1. The van der Waals surface area contributed by atoms with E-state index in [1.165, 1.54) is 5.56 Å². The van der Waals surface area contributed by atoms with Gasteiger partial charge in [-0.25, -0.2) is 0 Å². The third-order valence-electron chi connectivity index (χ3n) is 3.65. The van der Waals surface area contributed by atoms with Gasteiger partial charge in [0.2, 0.25) is 0 Å². The zero-order chi connectivity index (χ0) is 14.7. The molecule has 0 fully saturated rings. The molecule has 0 amide bonds. The predicted octanol–water partition coefficient (Wildman–Crippen LogP) is 3.20. The van der Waals surface area contributed by atoms with Gasteiger partial charge in [-0.15, -0.1) is 10.2 Å². The third kappa shape index (κ3) is 2.94. The van der Waals surface area contributed by atoms with Crippen LogP contribution in [0.15, 0.2) is 60.9 Å². The average molecular weight is 278 g/mol. The topological polar surface area (TPSA) is 56.7 Å². The van der Waals surface area contributed by atoms with E-state index in [4.69, 9.17) is 5.73 Å². The standard InChI is InChI=1S/C17H18N4/c1-13(14-7-9-15(18)10-8-14)11-17-20-19-12-21(17)16-5-3-2-4-6-16/h2-10,12-13H,11,18H2,1H3. The molecule has 1 unspecified atom stereocenters. The van der Waals surface area contributed by atoms with Gasteiger partial charge in [-0.2, -0.15) is 0 Å². The van der Waals surface area contributed by atoms with E-state index < -0.39 is 0 Å². The van der Waals surface area contributed by atoms with Gasteiger partial charge in [0.1, 0.15) is 12.2 Å². The fraction of sp³-hybridized carbons (Fsp3) is 0.176. The maximum Gasteiger partial charge on any atom is 0.137 e. The van der Waals surface area contributed by atoms with E-state index in [0.717, 1.165) is 23.6 Å². The molecule has 3 aromatic rings. The van der Waals surface area contributed by atoms with Crippen LogP contribution < -0.4 is 5.73 Å². The first-order valence-corrected chi connectivity index (χ1v) is 7.04. The van der Waals surface area contributed by atoms with Crippen LogP contribution >= 0.6 is 0 Å². The van der Waals surface area contributed by atoms with Crippen LogP contribution in [0.5, 0.6) is 0 Å². The first-order valence-electron chi connectivity index (χ1n) is 7.04. The molecule has 0 saturated heterocycles. The molecular weight excluding hydrogens is 260 g/mol. The van der Waals surface area contributed by atoms with Gasteiger partial charge in [0.15, 0.2) is 0 Å². The van der Waals surface area contributed by atoms with E-state index in [1.54, 1.807) is 6.33 Å². The number of benzene rings is 2. The smallest absolute Gasteiger partial charge is 0.137 e. The molecule has 0 radical (unpaired) electrons. The minimum Gasteiger partial charge on any atom is -0.399 e. The lowest BCUT2D eigenvalue weighted by molar-refractivity contribution is 0.702. The summed E-state index contributed by atoms with van der Waals surface area (Å²) in [6.07, 6.45) is 2.60. The van der Waals surface area contributed by atoms with Crippen molar-refractivity contribution in [1.29, 1.82) is 0 Å². The average Bonchev–Trinajstić information content (AvgIpc) is 2.97. The summed E-state index contributed by atoms with van der Waals surface area (Å²) in [5.41, 5.74) is 8.87. The van der Waals surface area contributed by atoms with Crippen LogP contribution in [-0.2, 0) is 6.42 Å². The maximum absolute atomic E-state index is 5.74. The maximum atomic E-state index is 5.74. The molecule has 0 aliphatic heterocycles. The van der Waals surface area contributed by atoms with Crippen molar-refractivity contribution in [2.45, 2.75) is 19.3 Å². The highest BCUT2D eigenvalue weighted by molar-refractivity contribution is 5.40. The second kappa shape index (κ2) is 5.79. The number of nitrogens with two attached hydrogens (primary N) is 1. The van der Waals surface area contributed by atoms with Gasteiger partial charge in [0, 0.05) is 17.8 Å². The second-order valence-corrected chi connectivity index (χ2v) is 5.22. The van der Waals surface area contributed by atoms with E-state index in [-0.39, 0.29) is 0 Å². The molecule has 4 nitrogen and oxygen atoms in total. The molecule has 4 heteroatoms. The summed E-state index contributed by atoms with van der Waals surface area (Å²) >= 11 is 0. The fourth-order valence-electron chi connectivity index (χ4n) is 2.42. The van der Waals surface area contributed by atoms with Gasteiger partial charge in [-0.05, 0) is 35.7 Å². The Labute approximate surface area is 124 Å². The molecule has 0 aliphatic rings. The number of rotatable bonds is 4. The van der Waals surface area contributed by atoms with E-state index in [9.17, 15) is 0 Å². The first kappa shape index (κ1) is 13.4. The summed E-state index contributed by atoms with van der Waals surface area (Å²) in [6.45, 7) is 2.19. The van der Waals surface area contributed by atoms with Crippen molar-refractivity contribution in [2.24, 2.45) is 0 Å². The van der Waals surface area contributed by atoms with Crippen molar-refractivity contribution in [1.82, 2.24) is 14.8 Å². The van der Waals surface area contributed by atoms with Crippen molar-refractivity contribution >= 4 is 5.69 Å². The second-order valence-electron chi connectivity index (χ2n) is 5.22. The van der Waals surface area contributed by atoms with Crippen LogP contribution in [0, 0.1) is 0 Å². The highest BCUT2D eigenvalue weighted by Gasteiger charge is 2.12. The van der Waals surface area contributed by atoms with E-state index in [2.05, 4.69) is 41.4 Å². The molecule has 106 valence electrons. The number of hydrogen-bond acceptors (Lipinski definition) is 3. The number of nitrogens with zero attached hydrogens (tertiary/aromatic N) is 3. The zero-order valence-corrected chi connectivity index (χ0v) is 12.0. The molecule has 1 aromatic heterocycles. The van der Waals surface area contributed by atoms with Crippen molar-refractivity contribution in [3.63, 3.8) is 0 Å². The fourth-order valence-corrected chi connectivity index (χ4v) is 2.42. The van der Waals surface area contributed by atoms with Crippen LogP contribution in [-0.4, -0.2) is 14.8 Å². The summed E-state index contributed by atoms with van der Waals surface area (Å²) in [5.74, 6) is 1.32. The minimum atomic E-state index is 0.359. The van der Waals surface area contributed by atoms with Crippen molar-refractivity contribution in [3.8, 4) is 5.69 Å². The van der Waals surface area contributed by atoms with Crippen molar-refractivity contribution < 1.29 is 0 Å². The first-order chi connectivity index (χ1) is 10.2. The largest absolute Gasteiger partial charge is 0.399 e. The monoisotopic (exact) mass is 278 g/mol. The van der Waals surface area contributed by atoms with Crippen LogP contribution in [0.25, 0.3) is 5.69 Å². The number of para-hydroxylation sites is 1. The van der Waals surface area contributed by atoms with Crippen LogP contribution in [0.1, 0.15) is 24.2 Å². The van der Waals surface area contributed by atoms with Gasteiger partial charge in [-0.3, -0.25) is 4.57 Å². The normalized spacial score (nSPS) is 12.2. The lowest BCUT2D eigenvalue weighted by Crippen LogP contribution is -2.06. The van der Waals surface area contributed by atoms with Gasteiger partial charge in [0.05, 0.1) is 0 Å². The lowest BCUT2D eigenvalue weighted by Gasteiger charge is -2.13. The molecule has 3 rings (SSSR count). The highest BCUT2D eigenvalue weighted by atomic mass is 15.3. The Hall–Kier alpha value is -2.62. The lowest BCUT2D eigenvalue weighted by atomic mass is 9.97. The van der Waals surface area contributed by atoms with E-state index in [1.807, 2.05) is 34.9 Å². The molecule has 0 saturated carbocycles. The third-order valence-corrected chi connectivity index (χ3v) is 3.65. The molecule has 1 atom stereocenters. The van der Waals surface area contributed by atoms with Gasteiger partial charge in [-0.1, -0.05) is 37.3 Å². The summed E-state index contributed by atoms with van der Waals surface area (Å²) in [5, 5.41) is 8.32. The molecule has 2 aromatic carbocycles. The van der Waals surface area contributed by atoms with Crippen LogP contribution in [0.4, 0.5) is 5.69 Å². The summed E-state index contributed by atoms with van der Waals surface area (Å²) < 4.78 is 2.04. The molecule has 0 spiro atoms. The molecular formula is C17H18N4. The number of anilines is 1. The predicted molar refractivity (Wildman–Crippen MR) is 84.3 cm³/mol. The van der Waals surface area contributed by atoms with Gasteiger partial charge in [0.25, 0.3) is 0 Å². The van der Waals surface area contributed by atoms with Crippen LogP contribution in [0.2, 0.25) is 0 Å². The summed E-state index contributed by atoms with van der Waals surface area (Å²) in [6, 6.07) is 18.2. The number of hydrogen-bond donors (Lipinski definition) is 1. The Morgan fingerprint density at radius 3 is 2.48 bits per heavy atom. The summed E-state index contributed by atoms with van der Waals surface area (Å²) in [7, 11) is 0. The molecule has 0 aliphatic carbocycles. The highest BCUT2D eigenvalue weighted by Crippen LogP contribution is 2.21.